The van der Waals surface area contributed by atoms with E-state index in [4.69, 9.17) is 17.3 Å². The Hall–Kier alpha value is -1.00. The van der Waals surface area contributed by atoms with Gasteiger partial charge in [-0.2, -0.15) is 0 Å². The topological polar surface area (TPSA) is 60.0 Å². The van der Waals surface area contributed by atoms with Gasteiger partial charge >= 0.3 is 0 Å². The molecule has 0 radical (unpaired) electrons. The van der Waals surface area contributed by atoms with Crippen molar-refractivity contribution in [1.82, 2.24) is 9.88 Å². The molecule has 1 heterocycles. The first-order valence-corrected chi connectivity index (χ1v) is 7.45. The minimum absolute atomic E-state index is 0.0100. The van der Waals surface area contributed by atoms with E-state index in [1.807, 2.05) is 10.8 Å². The molecule has 3 N–H and O–H groups in total. The third-order valence-corrected chi connectivity index (χ3v) is 4.47. The van der Waals surface area contributed by atoms with Crippen molar-refractivity contribution >= 4 is 17.5 Å². The number of nitrogens with two attached hydrogens (primary N) is 1. The third kappa shape index (κ3) is 2.65. The summed E-state index contributed by atoms with van der Waals surface area (Å²) in [4.78, 5) is 12.4. The highest BCUT2D eigenvalue weighted by Gasteiger charge is 2.31. The summed E-state index contributed by atoms with van der Waals surface area (Å²) in [5.74, 6) is 0.410. The van der Waals surface area contributed by atoms with Gasteiger partial charge in [-0.05, 0) is 44.2 Å². The molecule has 3 rings (SSSR count). The lowest BCUT2D eigenvalue weighted by molar-refractivity contribution is 0.0919. The van der Waals surface area contributed by atoms with E-state index in [1.54, 1.807) is 6.07 Å². The van der Waals surface area contributed by atoms with E-state index in [0.29, 0.717) is 29.2 Å². The van der Waals surface area contributed by atoms with E-state index in [-0.39, 0.29) is 11.9 Å². The molecule has 1 aromatic rings. The Balaban J connectivity index is 1.73. The maximum atomic E-state index is 12.4. The molecule has 0 aliphatic heterocycles. The first-order valence-electron chi connectivity index (χ1n) is 7.07. The summed E-state index contributed by atoms with van der Waals surface area (Å²) >= 11 is 6.03. The summed E-state index contributed by atoms with van der Waals surface area (Å²) in [7, 11) is 0. The number of aromatic nitrogens is 1. The molecule has 19 heavy (non-hydrogen) atoms. The van der Waals surface area contributed by atoms with Crippen molar-refractivity contribution in [1.29, 1.82) is 0 Å². The summed E-state index contributed by atoms with van der Waals surface area (Å²) in [5, 5.41) is 3.77. The Morgan fingerprint density at radius 2 is 2.21 bits per heavy atom. The number of carbonyl (C=O) groups is 1. The van der Waals surface area contributed by atoms with E-state index >= 15 is 0 Å². The van der Waals surface area contributed by atoms with Crippen molar-refractivity contribution in [3.05, 3.63) is 23.0 Å². The number of hydrogen-bond acceptors (Lipinski definition) is 2. The largest absolute Gasteiger partial charge is 0.348 e. The first kappa shape index (κ1) is 13.0. The van der Waals surface area contributed by atoms with Crippen LogP contribution in [0.3, 0.4) is 0 Å². The number of amides is 1. The van der Waals surface area contributed by atoms with E-state index in [0.717, 1.165) is 32.1 Å². The Bertz CT molecular complexity index is 481. The quantitative estimate of drug-likeness (QED) is 0.890. The maximum absolute atomic E-state index is 12.4. The van der Waals surface area contributed by atoms with E-state index < -0.39 is 0 Å². The van der Waals surface area contributed by atoms with Crippen LogP contribution in [0.2, 0.25) is 5.02 Å². The molecule has 2 atom stereocenters. The van der Waals surface area contributed by atoms with Gasteiger partial charge in [0.05, 0.1) is 5.02 Å². The van der Waals surface area contributed by atoms with Crippen LogP contribution >= 0.6 is 11.6 Å². The highest BCUT2D eigenvalue weighted by Crippen LogP contribution is 2.37. The summed E-state index contributed by atoms with van der Waals surface area (Å²) in [6.07, 6.45) is 7.44. The minimum Gasteiger partial charge on any atom is -0.348 e. The van der Waals surface area contributed by atoms with E-state index in [9.17, 15) is 4.79 Å². The lowest BCUT2D eigenvalue weighted by Crippen LogP contribution is -2.40. The second kappa shape index (κ2) is 5.17. The molecule has 1 aromatic heterocycles. The fourth-order valence-corrected chi connectivity index (χ4v) is 3.24. The molecule has 0 saturated heterocycles. The van der Waals surface area contributed by atoms with Crippen molar-refractivity contribution < 1.29 is 4.79 Å². The van der Waals surface area contributed by atoms with Crippen LogP contribution < -0.4 is 11.1 Å². The SMILES string of the molecule is NCC1CCCC1NC(=O)c1cc(Cl)cn1C1CC1. The minimum atomic E-state index is -0.0100. The molecular formula is C14H20ClN3O. The zero-order chi connectivity index (χ0) is 13.4. The smallest absolute Gasteiger partial charge is 0.268 e. The second-order valence-electron chi connectivity index (χ2n) is 5.69. The van der Waals surface area contributed by atoms with Crippen molar-refractivity contribution in [3.8, 4) is 0 Å². The van der Waals surface area contributed by atoms with Gasteiger partial charge in [-0.3, -0.25) is 4.79 Å². The van der Waals surface area contributed by atoms with Gasteiger partial charge in [0.1, 0.15) is 5.69 Å². The number of hydrogen-bond donors (Lipinski definition) is 2. The van der Waals surface area contributed by atoms with Gasteiger partial charge in [-0.15, -0.1) is 0 Å². The highest BCUT2D eigenvalue weighted by molar-refractivity contribution is 6.31. The lowest BCUT2D eigenvalue weighted by Gasteiger charge is -2.20. The molecule has 4 nitrogen and oxygen atoms in total. The Morgan fingerprint density at radius 3 is 2.89 bits per heavy atom. The monoisotopic (exact) mass is 281 g/mol. The summed E-state index contributed by atoms with van der Waals surface area (Å²) < 4.78 is 2.02. The fraction of sp³-hybridized carbons (Fsp3) is 0.643. The van der Waals surface area contributed by atoms with Gasteiger partial charge in [0, 0.05) is 18.3 Å². The normalized spacial score (nSPS) is 26.6. The predicted molar refractivity (Wildman–Crippen MR) is 75.4 cm³/mol. The van der Waals surface area contributed by atoms with Gasteiger partial charge in [0.15, 0.2) is 0 Å². The van der Waals surface area contributed by atoms with Gasteiger partial charge in [-0.1, -0.05) is 18.0 Å². The summed E-state index contributed by atoms with van der Waals surface area (Å²) in [6, 6.07) is 2.45. The molecule has 0 spiro atoms. The predicted octanol–water partition coefficient (Wildman–Crippen LogP) is 2.33. The van der Waals surface area contributed by atoms with Gasteiger partial charge < -0.3 is 15.6 Å². The van der Waals surface area contributed by atoms with Crippen LogP contribution in [0.1, 0.15) is 48.6 Å². The van der Waals surface area contributed by atoms with Gasteiger partial charge in [0.25, 0.3) is 5.91 Å². The van der Waals surface area contributed by atoms with E-state index in [1.165, 1.54) is 0 Å². The van der Waals surface area contributed by atoms with Crippen LogP contribution in [0.4, 0.5) is 0 Å². The second-order valence-corrected chi connectivity index (χ2v) is 6.13. The summed E-state index contributed by atoms with van der Waals surface area (Å²) in [5.41, 5.74) is 6.44. The van der Waals surface area contributed by atoms with E-state index in [2.05, 4.69) is 5.32 Å². The average molecular weight is 282 g/mol. The molecule has 2 aliphatic rings. The standard InChI is InChI=1S/C14H20ClN3O/c15-10-6-13(18(8-10)11-4-5-11)14(19)17-12-3-1-2-9(12)7-16/h6,8-9,11-12H,1-5,7,16H2,(H,17,19). The molecule has 2 saturated carbocycles. The van der Waals surface area contributed by atoms with Crippen molar-refractivity contribution in [2.45, 2.75) is 44.2 Å². The number of rotatable bonds is 4. The average Bonchev–Trinajstić information content (AvgIpc) is 3.02. The molecule has 0 aromatic carbocycles. The first-order chi connectivity index (χ1) is 9.19. The van der Waals surface area contributed by atoms with Crippen LogP contribution in [-0.4, -0.2) is 23.1 Å². The van der Waals surface area contributed by atoms with Crippen LogP contribution in [0, 0.1) is 5.92 Å². The number of halogens is 1. The molecular weight excluding hydrogens is 262 g/mol. The number of carbonyl (C=O) groups excluding carboxylic acids is 1. The third-order valence-electron chi connectivity index (χ3n) is 4.27. The Labute approximate surface area is 118 Å². The molecule has 104 valence electrons. The molecule has 5 heteroatoms. The molecule has 2 fully saturated rings. The van der Waals surface area contributed by atoms with Crippen molar-refractivity contribution in [3.63, 3.8) is 0 Å². The zero-order valence-electron chi connectivity index (χ0n) is 10.9. The fourth-order valence-electron chi connectivity index (χ4n) is 3.03. The molecule has 0 bridgehead atoms. The Morgan fingerprint density at radius 1 is 1.42 bits per heavy atom. The number of nitrogens with one attached hydrogen (secondary N) is 1. The van der Waals surface area contributed by atoms with Crippen LogP contribution in [0.15, 0.2) is 12.3 Å². The van der Waals surface area contributed by atoms with Crippen molar-refractivity contribution in [2.24, 2.45) is 11.7 Å². The van der Waals surface area contributed by atoms with Crippen molar-refractivity contribution in [2.75, 3.05) is 6.54 Å². The maximum Gasteiger partial charge on any atom is 0.268 e. The summed E-state index contributed by atoms with van der Waals surface area (Å²) in [6.45, 7) is 0.648. The molecule has 1 amide bonds. The highest BCUT2D eigenvalue weighted by atomic mass is 35.5. The van der Waals surface area contributed by atoms with Gasteiger partial charge in [-0.25, -0.2) is 0 Å². The van der Waals surface area contributed by atoms with Gasteiger partial charge in [0.2, 0.25) is 0 Å². The molecule has 2 aliphatic carbocycles. The van der Waals surface area contributed by atoms with Crippen LogP contribution in [-0.2, 0) is 0 Å². The van der Waals surface area contributed by atoms with Crippen LogP contribution in [0.25, 0.3) is 0 Å². The zero-order valence-corrected chi connectivity index (χ0v) is 11.7. The Kier molecular flexibility index (Phi) is 3.54. The lowest BCUT2D eigenvalue weighted by atomic mass is 10.0. The number of nitrogens with zero attached hydrogens (tertiary/aromatic N) is 1. The molecule has 2 unspecified atom stereocenters. The van der Waals surface area contributed by atoms with Crippen LogP contribution in [0.5, 0.6) is 0 Å².